The van der Waals surface area contributed by atoms with Gasteiger partial charge in [0.25, 0.3) is 9.20 Å². The van der Waals surface area contributed by atoms with Crippen LogP contribution in [0.2, 0.25) is 6.04 Å². The molecule has 2 aliphatic heterocycles. The summed E-state index contributed by atoms with van der Waals surface area (Å²) in [5.74, 6) is 0. The molecule has 1 N–H and O–H groups in total. The highest BCUT2D eigenvalue weighted by molar-refractivity contribution is 6.48. The molecule has 0 amide bonds. The highest BCUT2D eigenvalue weighted by atomic mass is 28.3. The summed E-state index contributed by atoms with van der Waals surface area (Å²) in [4.78, 5) is 0. The highest BCUT2D eigenvalue weighted by Crippen LogP contribution is 2.14. The van der Waals surface area contributed by atoms with E-state index in [1.165, 1.54) is 32.0 Å². The van der Waals surface area contributed by atoms with Gasteiger partial charge in [-0.15, -0.1) is 0 Å². The quantitative estimate of drug-likeness (QED) is 0.580. The van der Waals surface area contributed by atoms with Crippen LogP contribution < -0.4 is 5.32 Å². The lowest BCUT2D eigenvalue weighted by Gasteiger charge is -2.35. The summed E-state index contributed by atoms with van der Waals surface area (Å²) in [7, 11) is -0.914. The minimum absolute atomic E-state index is 0.914. The summed E-state index contributed by atoms with van der Waals surface area (Å²) in [5, 5.41) is 3.38. The lowest BCUT2D eigenvalue weighted by molar-refractivity contribution is 0.221. The zero-order valence-electron chi connectivity index (χ0n) is 7.59. The number of piperazine rings is 1. The molecular weight excluding hydrogens is 168 g/mol. The van der Waals surface area contributed by atoms with Crippen LogP contribution in [-0.2, 0) is 4.43 Å². The number of nitrogens with zero attached hydrogens (tertiary/aromatic N) is 1. The third kappa shape index (κ3) is 2.07. The fourth-order valence-electron chi connectivity index (χ4n) is 1.98. The summed E-state index contributed by atoms with van der Waals surface area (Å²) >= 11 is 0. The van der Waals surface area contributed by atoms with Crippen LogP contribution in [-0.4, -0.2) is 46.6 Å². The molecule has 12 heavy (non-hydrogen) atoms. The molecule has 2 heterocycles. The molecule has 2 aliphatic rings. The molecule has 2 saturated heterocycles. The third-order valence-electron chi connectivity index (χ3n) is 2.71. The van der Waals surface area contributed by atoms with Crippen LogP contribution in [0.3, 0.4) is 0 Å². The van der Waals surface area contributed by atoms with Gasteiger partial charge < -0.3 is 14.3 Å². The first-order valence-electron chi connectivity index (χ1n) is 5.03. The number of hydrogen-bond donors (Lipinski definition) is 1. The average Bonchev–Trinajstić information content (AvgIpc) is 2.21. The third-order valence-corrected chi connectivity index (χ3v) is 5.57. The zero-order valence-corrected chi connectivity index (χ0v) is 8.74. The lowest BCUT2D eigenvalue weighted by atomic mass is 10.4. The lowest BCUT2D eigenvalue weighted by Crippen LogP contribution is -2.52. The predicted molar refractivity (Wildman–Crippen MR) is 51.6 cm³/mol. The van der Waals surface area contributed by atoms with E-state index in [4.69, 9.17) is 4.43 Å². The maximum atomic E-state index is 5.85. The van der Waals surface area contributed by atoms with Crippen molar-refractivity contribution in [2.75, 3.05) is 32.8 Å². The van der Waals surface area contributed by atoms with Gasteiger partial charge in [0.15, 0.2) is 0 Å². The summed E-state index contributed by atoms with van der Waals surface area (Å²) in [6.07, 6.45) is 2.69. The summed E-state index contributed by atoms with van der Waals surface area (Å²) in [5.41, 5.74) is 0. The number of nitrogens with one attached hydrogen (secondary N) is 1. The van der Waals surface area contributed by atoms with Crippen LogP contribution in [0.5, 0.6) is 0 Å². The zero-order chi connectivity index (χ0) is 8.23. The van der Waals surface area contributed by atoms with Crippen molar-refractivity contribution in [2.45, 2.75) is 18.9 Å². The minimum Gasteiger partial charge on any atom is -0.405 e. The van der Waals surface area contributed by atoms with Gasteiger partial charge in [0, 0.05) is 32.8 Å². The van der Waals surface area contributed by atoms with E-state index in [2.05, 4.69) is 9.88 Å². The molecule has 0 aliphatic carbocycles. The van der Waals surface area contributed by atoms with Crippen LogP contribution in [0.1, 0.15) is 12.8 Å². The van der Waals surface area contributed by atoms with E-state index in [9.17, 15) is 0 Å². The van der Waals surface area contributed by atoms with Crippen molar-refractivity contribution in [3.63, 3.8) is 0 Å². The number of hydrogen-bond acceptors (Lipinski definition) is 3. The van der Waals surface area contributed by atoms with Gasteiger partial charge in [0.2, 0.25) is 0 Å². The second-order valence-corrected chi connectivity index (χ2v) is 6.16. The second kappa shape index (κ2) is 4.37. The van der Waals surface area contributed by atoms with Gasteiger partial charge >= 0.3 is 0 Å². The molecule has 0 aromatic carbocycles. The van der Waals surface area contributed by atoms with Crippen LogP contribution in [0.15, 0.2) is 0 Å². The first-order valence-corrected chi connectivity index (χ1v) is 6.83. The normalized spacial score (nSPS) is 33.5. The monoisotopic (exact) mass is 186 g/mol. The van der Waals surface area contributed by atoms with Gasteiger partial charge in [-0.05, 0) is 12.5 Å². The molecule has 0 aromatic rings. The standard InChI is InChI=1S/C8H18N2OSi/c1-2-8-12(11-7-1)10-5-3-9-4-6-10/h9,12H,1-8H2. The predicted octanol–water partition coefficient (Wildman–Crippen LogP) is -0.0775. The fourth-order valence-corrected chi connectivity index (χ4v) is 4.64. The van der Waals surface area contributed by atoms with E-state index < -0.39 is 9.20 Å². The van der Waals surface area contributed by atoms with Gasteiger partial charge in [-0.1, -0.05) is 6.42 Å². The molecule has 0 radical (unpaired) electrons. The second-order valence-electron chi connectivity index (χ2n) is 3.61. The molecular formula is C8H18N2OSi. The maximum absolute atomic E-state index is 5.85. The first-order chi connectivity index (χ1) is 5.97. The van der Waals surface area contributed by atoms with Crippen LogP contribution >= 0.6 is 0 Å². The van der Waals surface area contributed by atoms with Crippen molar-refractivity contribution >= 4 is 9.20 Å². The fraction of sp³-hybridized carbons (Fsp3) is 1.00. The van der Waals surface area contributed by atoms with Crippen LogP contribution in [0.4, 0.5) is 0 Å². The van der Waals surface area contributed by atoms with E-state index >= 15 is 0 Å². The summed E-state index contributed by atoms with van der Waals surface area (Å²) < 4.78 is 8.46. The SMILES string of the molecule is C1CC[SiH](N2CCNCC2)OC1. The van der Waals surface area contributed by atoms with E-state index in [0.717, 1.165) is 19.7 Å². The molecule has 2 rings (SSSR count). The van der Waals surface area contributed by atoms with Gasteiger partial charge in [0.1, 0.15) is 0 Å². The molecule has 2 fully saturated rings. The molecule has 0 aromatic heterocycles. The van der Waals surface area contributed by atoms with Gasteiger partial charge in [-0.3, -0.25) is 0 Å². The topological polar surface area (TPSA) is 24.5 Å². The molecule has 1 unspecified atom stereocenters. The largest absolute Gasteiger partial charge is 0.405 e. The van der Waals surface area contributed by atoms with Crippen molar-refractivity contribution in [2.24, 2.45) is 0 Å². The van der Waals surface area contributed by atoms with Gasteiger partial charge in [-0.25, -0.2) is 0 Å². The smallest absolute Gasteiger partial charge is 0.255 e. The first kappa shape index (κ1) is 8.68. The summed E-state index contributed by atoms with van der Waals surface area (Å²) in [6.45, 7) is 5.79. The van der Waals surface area contributed by atoms with Crippen LogP contribution in [0, 0.1) is 0 Å². The molecule has 0 saturated carbocycles. The Hall–Kier alpha value is 0.0969. The minimum atomic E-state index is -0.914. The Labute approximate surface area is 75.9 Å². The van der Waals surface area contributed by atoms with Crippen molar-refractivity contribution in [3.05, 3.63) is 0 Å². The molecule has 3 nitrogen and oxygen atoms in total. The van der Waals surface area contributed by atoms with E-state index in [-0.39, 0.29) is 0 Å². The van der Waals surface area contributed by atoms with Gasteiger partial charge in [-0.2, -0.15) is 0 Å². The Morgan fingerprint density at radius 3 is 2.67 bits per heavy atom. The molecule has 4 heteroatoms. The Morgan fingerprint density at radius 1 is 1.17 bits per heavy atom. The molecule has 70 valence electrons. The molecule has 0 spiro atoms. The maximum Gasteiger partial charge on any atom is 0.255 e. The average molecular weight is 186 g/mol. The van der Waals surface area contributed by atoms with E-state index in [1.54, 1.807) is 0 Å². The van der Waals surface area contributed by atoms with Crippen molar-refractivity contribution in [1.82, 2.24) is 9.88 Å². The number of rotatable bonds is 1. The van der Waals surface area contributed by atoms with Crippen LogP contribution in [0.25, 0.3) is 0 Å². The molecule has 0 bridgehead atoms. The highest BCUT2D eigenvalue weighted by Gasteiger charge is 2.24. The van der Waals surface area contributed by atoms with Crippen molar-refractivity contribution < 1.29 is 4.43 Å². The van der Waals surface area contributed by atoms with E-state index in [0.29, 0.717) is 0 Å². The van der Waals surface area contributed by atoms with Gasteiger partial charge in [0.05, 0.1) is 0 Å². The Morgan fingerprint density at radius 2 is 2.00 bits per heavy atom. The van der Waals surface area contributed by atoms with Crippen molar-refractivity contribution in [3.8, 4) is 0 Å². The van der Waals surface area contributed by atoms with E-state index in [1.807, 2.05) is 0 Å². The summed E-state index contributed by atoms with van der Waals surface area (Å²) in [6, 6.07) is 1.38. The Kier molecular flexibility index (Phi) is 3.16. The van der Waals surface area contributed by atoms with Crippen molar-refractivity contribution in [1.29, 1.82) is 0 Å². The Bertz CT molecular complexity index is 117. The molecule has 1 atom stereocenters. The Balaban J connectivity index is 1.80.